The number of ketones is 1. The molecule has 0 amide bonds. The summed E-state index contributed by atoms with van der Waals surface area (Å²) in [5, 5.41) is 44.2. The van der Waals surface area contributed by atoms with Crippen LogP contribution in [0.25, 0.3) is 0 Å². The summed E-state index contributed by atoms with van der Waals surface area (Å²) in [5.41, 5.74) is -0.982. The molecule has 0 bridgehead atoms. The molecule has 17 atom stereocenters. The van der Waals surface area contributed by atoms with E-state index in [2.05, 4.69) is 0 Å². The highest BCUT2D eigenvalue weighted by Crippen LogP contribution is 2.37. The average Bonchev–Trinajstić information content (AvgIpc) is 3.05. The van der Waals surface area contributed by atoms with E-state index in [1.807, 2.05) is 32.8 Å². The lowest BCUT2D eigenvalue weighted by atomic mass is 9.81. The van der Waals surface area contributed by atoms with Gasteiger partial charge in [0.2, 0.25) is 0 Å². The summed E-state index contributed by atoms with van der Waals surface area (Å²) >= 11 is 0. The van der Waals surface area contributed by atoms with Gasteiger partial charge in [0.25, 0.3) is 0 Å². The maximum Gasteiger partial charge on any atom is 0.311 e. The minimum absolute atomic E-state index is 0.171. The van der Waals surface area contributed by atoms with Crippen LogP contribution in [0.5, 0.6) is 0 Å². The van der Waals surface area contributed by atoms with Gasteiger partial charge in [-0.1, -0.05) is 27.7 Å². The Morgan fingerprint density at radius 2 is 1.54 bits per heavy atom. The number of hydrogen-bond donors (Lipinski definition) is 4. The Labute approximate surface area is 286 Å². The van der Waals surface area contributed by atoms with E-state index in [1.54, 1.807) is 41.5 Å². The standard InChI is InChI=1S/C35H63NO12/c1-12-24-30(40)28(38)20(5)27(37)17(2)13-14-25(47-34-29(39)23(36(9)10)15-18(3)44-34)19(4)31(21(6)33(42)46-24)48-26-16-35(8,43-11)32(41)22(7)45-26/h17-26,28-32,34,38-41H,12-16H2,1-11H3/t17-,18?,19?,20+,21?,22?,23?,24?,25+,26?,28-,29?,30?,31+,32?,34?,35?/m1/s1. The molecule has 4 N–H and O–H groups in total. The van der Waals surface area contributed by atoms with Gasteiger partial charge in [-0.15, -0.1) is 0 Å². The van der Waals surface area contributed by atoms with Gasteiger partial charge in [-0.3, -0.25) is 9.59 Å². The number of ether oxygens (including phenoxy) is 6. The molecule has 13 nitrogen and oxygen atoms in total. The van der Waals surface area contributed by atoms with Gasteiger partial charge in [-0.2, -0.15) is 0 Å². The van der Waals surface area contributed by atoms with Crippen LogP contribution in [-0.4, -0.2) is 137 Å². The summed E-state index contributed by atoms with van der Waals surface area (Å²) in [6.45, 7) is 14.1. The van der Waals surface area contributed by atoms with Crippen molar-refractivity contribution in [3.05, 3.63) is 0 Å². The Balaban J connectivity index is 2.05. The molecule has 48 heavy (non-hydrogen) atoms. The predicted octanol–water partition coefficient (Wildman–Crippen LogP) is 2.03. The second-order valence-electron chi connectivity index (χ2n) is 15.0. The van der Waals surface area contributed by atoms with E-state index in [1.165, 1.54) is 7.11 Å². The maximum atomic E-state index is 13.8. The fraction of sp³-hybridized carbons (Fsp3) is 0.943. The van der Waals surface area contributed by atoms with Crippen LogP contribution in [0.15, 0.2) is 0 Å². The summed E-state index contributed by atoms with van der Waals surface area (Å²) in [5.74, 6) is -3.74. The molecule has 0 saturated carbocycles. The molecule has 3 fully saturated rings. The number of Topliss-reactive ketones (excluding diaryl/α,β-unsaturated/α-hetero) is 1. The molecular formula is C35H63NO12. The number of aliphatic hydroxyl groups is 4. The molecule has 3 heterocycles. The zero-order valence-corrected chi connectivity index (χ0v) is 30.8. The highest BCUT2D eigenvalue weighted by atomic mass is 16.7. The molecule has 0 radical (unpaired) electrons. The summed E-state index contributed by atoms with van der Waals surface area (Å²) in [6, 6.07) is -0.218. The van der Waals surface area contributed by atoms with Gasteiger partial charge in [-0.05, 0) is 67.5 Å². The number of hydrogen-bond acceptors (Lipinski definition) is 13. The molecule has 3 aliphatic rings. The quantitative estimate of drug-likeness (QED) is 0.286. The third-order valence-electron chi connectivity index (χ3n) is 11.1. The second-order valence-corrected chi connectivity index (χ2v) is 15.0. The van der Waals surface area contributed by atoms with Crippen molar-refractivity contribution < 1.29 is 58.4 Å². The second kappa shape index (κ2) is 17.3. The molecule has 12 unspecified atom stereocenters. The van der Waals surface area contributed by atoms with Gasteiger partial charge < -0.3 is 53.7 Å². The number of aliphatic hydroxyl groups excluding tert-OH is 4. The SMILES string of the molecule is CCC1OC(=O)C(C)[C@@H](OC2CC(C)(OC)C(O)C(C)O2)C(C)[C@@H](OC2OC(C)CC(N(C)C)C2O)CC[C@@H](C)C(=O)[C@H](C)[C@@H](O)C1O. The number of carbonyl (C=O) groups excluding carboxylic acids is 2. The van der Waals surface area contributed by atoms with Gasteiger partial charge >= 0.3 is 5.97 Å². The molecule has 280 valence electrons. The van der Waals surface area contributed by atoms with Crippen molar-refractivity contribution in [2.45, 2.75) is 167 Å². The van der Waals surface area contributed by atoms with Gasteiger partial charge in [0, 0.05) is 37.3 Å². The summed E-state index contributed by atoms with van der Waals surface area (Å²) < 4.78 is 37.0. The van der Waals surface area contributed by atoms with Gasteiger partial charge in [0.05, 0.1) is 42.0 Å². The zero-order valence-electron chi connectivity index (χ0n) is 30.8. The lowest BCUT2D eigenvalue weighted by Crippen LogP contribution is -2.58. The Hall–Kier alpha value is -1.26. The first kappa shape index (κ1) is 41.2. The number of likely N-dealkylation sites (N-methyl/N-ethyl adjacent to an activating group) is 1. The normalized spacial score (nSPS) is 47.4. The van der Waals surface area contributed by atoms with Gasteiger partial charge in [-0.25, -0.2) is 0 Å². The van der Waals surface area contributed by atoms with Crippen LogP contribution in [0, 0.1) is 23.7 Å². The molecule has 13 heteroatoms. The number of nitrogens with zero attached hydrogens (tertiary/aromatic N) is 1. The Morgan fingerprint density at radius 3 is 2.12 bits per heavy atom. The van der Waals surface area contributed by atoms with E-state index in [4.69, 9.17) is 28.4 Å². The topological polar surface area (TPSA) is 174 Å². The first-order valence-electron chi connectivity index (χ1n) is 17.7. The summed E-state index contributed by atoms with van der Waals surface area (Å²) in [4.78, 5) is 29.3. The molecule has 3 saturated heterocycles. The predicted molar refractivity (Wildman–Crippen MR) is 176 cm³/mol. The van der Waals surface area contributed by atoms with Crippen molar-refractivity contribution in [2.24, 2.45) is 23.7 Å². The minimum Gasteiger partial charge on any atom is -0.459 e. The molecule has 0 aromatic rings. The van der Waals surface area contributed by atoms with Gasteiger partial charge in [0.1, 0.15) is 30.2 Å². The van der Waals surface area contributed by atoms with Crippen molar-refractivity contribution >= 4 is 11.8 Å². The highest BCUT2D eigenvalue weighted by molar-refractivity contribution is 5.83. The lowest BCUT2D eigenvalue weighted by molar-refractivity contribution is -0.306. The largest absolute Gasteiger partial charge is 0.459 e. The smallest absolute Gasteiger partial charge is 0.311 e. The van der Waals surface area contributed by atoms with E-state index in [0.29, 0.717) is 19.3 Å². The van der Waals surface area contributed by atoms with Crippen LogP contribution in [0.4, 0.5) is 0 Å². The number of esters is 1. The van der Waals surface area contributed by atoms with Crippen LogP contribution in [-0.2, 0) is 38.0 Å². The average molecular weight is 690 g/mol. The van der Waals surface area contributed by atoms with Crippen molar-refractivity contribution in [1.82, 2.24) is 4.90 Å². The van der Waals surface area contributed by atoms with Crippen LogP contribution in [0.3, 0.4) is 0 Å². The summed E-state index contributed by atoms with van der Waals surface area (Å²) in [7, 11) is 5.30. The van der Waals surface area contributed by atoms with Crippen LogP contribution >= 0.6 is 0 Å². The van der Waals surface area contributed by atoms with Gasteiger partial charge in [0.15, 0.2) is 12.6 Å². The van der Waals surface area contributed by atoms with E-state index >= 15 is 0 Å². The van der Waals surface area contributed by atoms with E-state index in [9.17, 15) is 30.0 Å². The van der Waals surface area contributed by atoms with Crippen molar-refractivity contribution in [3.8, 4) is 0 Å². The first-order valence-corrected chi connectivity index (χ1v) is 17.7. The Bertz CT molecular complexity index is 1050. The molecular weight excluding hydrogens is 626 g/mol. The third-order valence-corrected chi connectivity index (χ3v) is 11.1. The molecule has 0 aliphatic carbocycles. The number of carbonyl (C=O) groups is 2. The highest BCUT2D eigenvalue weighted by Gasteiger charge is 2.49. The number of rotatable bonds is 7. The van der Waals surface area contributed by atoms with E-state index < -0.39 is 96.7 Å². The molecule has 3 aliphatic heterocycles. The Kier molecular flexibility index (Phi) is 14.8. The van der Waals surface area contributed by atoms with Crippen LogP contribution < -0.4 is 0 Å². The van der Waals surface area contributed by atoms with E-state index in [0.717, 1.165) is 0 Å². The fourth-order valence-corrected chi connectivity index (χ4v) is 7.43. The monoisotopic (exact) mass is 689 g/mol. The third kappa shape index (κ3) is 9.34. The van der Waals surface area contributed by atoms with Crippen LogP contribution in [0.1, 0.15) is 87.5 Å². The summed E-state index contributed by atoms with van der Waals surface area (Å²) in [6.07, 6.45) is -8.43. The number of cyclic esters (lactones) is 1. The van der Waals surface area contributed by atoms with Crippen molar-refractivity contribution in [1.29, 1.82) is 0 Å². The molecule has 0 aromatic carbocycles. The zero-order chi connectivity index (χ0) is 36.2. The van der Waals surface area contributed by atoms with Crippen molar-refractivity contribution in [2.75, 3.05) is 21.2 Å². The van der Waals surface area contributed by atoms with Crippen LogP contribution in [0.2, 0.25) is 0 Å². The fourth-order valence-electron chi connectivity index (χ4n) is 7.43. The minimum atomic E-state index is -1.48. The first-order chi connectivity index (χ1) is 22.4. The molecule has 0 aromatic heterocycles. The Morgan fingerprint density at radius 1 is 0.896 bits per heavy atom. The van der Waals surface area contributed by atoms with E-state index in [-0.39, 0.29) is 30.8 Å². The molecule has 3 rings (SSSR count). The maximum absolute atomic E-state index is 13.8. The molecule has 0 spiro atoms. The number of methoxy groups -OCH3 is 1. The van der Waals surface area contributed by atoms with Crippen molar-refractivity contribution in [3.63, 3.8) is 0 Å². The lowest BCUT2D eigenvalue weighted by Gasteiger charge is -2.47.